The fourth-order valence-electron chi connectivity index (χ4n) is 3.80. The van der Waals surface area contributed by atoms with Crippen LogP contribution in [0.15, 0.2) is 42.5 Å². The Morgan fingerprint density at radius 2 is 1.65 bits per heavy atom. The molecule has 2 aromatic rings. The lowest BCUT2D eigenvalue weighted by Gasteiger charge is -2.34. The van der Waals surface area contributed by atoms with Crippen LogP contribution >= 0.6 is 0 Å². The largest absolute Gasteiger partial charge is 0.508 e. The van der Waals surface area contributed by atoms with Crippen molar-refractivity contribution in [2.45, 2.75) is 51.7 Å². The molecule has 0 saturated carbocycles. The van der Waals surface area contributed by atoms with Gasteiger partial charge >= 0.3 is 0 Å². The molecule has 166 valence electrons. The Bertz CT molecular complexity index is 915. The molecule has 2 amide bonds. The molecule has 1 fully saturated rings. The second-order valence-electron chi connectivity index (χ2n) is 8.26. The summed E-state index contributed by atoms with van der Waals surface area (Å²) in [5.41, 5.74) is 1.27. The molecular formula is C24H30N2O5. The summed E-state index contributed by atoms with van der Waals surface area (Å²) in [5, 5.41) is 22.0. The van der Waals surface area contributed by atoms with Crippen LogP contribution in [0.5, 0.6) is 17.2 Å². The second kappa shape index (κ2) is 9.73. The van der Waals surface area contributed by atoms with Gasteiger partial charge in [0.05, 0.1) is 0 Å². The normalized spacial score (nSPS) is 15.5. The predicted molar refractivity (Wildman–Crippen MR) is 117 cm³/mol. The molecule has 1 saturated heterocycles. The maximum absolute atomic E-state index is 12.9. The number of phenols is 2. The summed E-state index contributed by atoms with van der Waals surface area (Å²) < 4.78 is 5.99. The van der Waals surface area contributed by atoms with Crippen molar-refractivity contribution in [3.05, 3.63) is 53.6 Å². The van der Waals surface area contributed by atoms with E-state index < -0.39 is 6.10 Å². The summed E-state index contributed by atoms with van der Waals surface area (Å²) in [6.45, 7) is 6.99. The number of rotatable bonds is 6. The van der Waals surface area contributed by atoms with Crippen molar-refractivity contribution in [2.24, 2.45) is 0 Å². The summed E-state index contributed by atoms with van der Waals surface area (Å²) in [6, 6.07) is 11.5. The molecule has 0 spiro atoms. The van der Waals surface area contributed by atoms with Crippen LogP contribution in [0.3, 0.4) is 0 Å². The van der Waals surface area contributed by atoms with E-state index in [1.54, 1.807) is 11.8 Å². The highest BCUT2D eigenvalue weighted by molar-refractivity contribution is 5.95. The quantitative estimate of drug-likeness (QED) is 0.657. The second-order valence-corrected chi connectivity index (χ2v) is 8.26. The van der Waals surface area contributed by atoms with E-state index in [1.165, 1.54) is 18.2 Å². The molecule has 0 radical (unpaired) electrons. The average molecular weight is 427 g/mol. The molecule has 0 aromatic heterocycles. The van der Waals surface area contributed by atoms with Gasteiger partial charge in [0.2, 0.25) is 0 Å². The number of ether oxygens (including phenoxy) is 1. The number of carbonyl (C=O) groups is 2. The number of nitrogens with zero attached hydrogens (tertiary/aromatic N) is 1. The zero-order valence-electron chi connectivity index (χ0n) is 18.2. The number of phenolic OH excluding ortho intramolecular Hbond substituents is 2. The zero-order chi connectivity index (χ0) is 22.5. The van der Waals surface area contributed by atoms with Crippen molar-refractivity contribution < 1.29 is 24.5 Å². The van der Waals surface area contributed by atoms with E-state index in [-0.39, 0.29) is 34.9 Å². The number of hydrogen-bond donors (Lipinski definition) is 3. The lowest BCUT2D eigenvalue weighted by molar-refractivity contribution is -0.139. The van der Waals surface area contributed by atoms with Crippen LogP contribution < -0.4 is 10.1 Å². The van der Waals surface area contributed by atoms with Crippen molar-refractivity contribution >= 4 is 11.8 Å². The molecule has 1 atom stereocenters. The highest BCUT2D eigenvalue weighted by Gasteiger charge is 2.28. The van der Waals surface area contributed by atoms with Crippen LogP contribution in [0.2, 0.25) is 0 Å². The minimum atomic E-state index is -0.596. The molecule has 0 aliphatic carbocycles. The third-order valence-electron chi connectivity index (χ3n) is 5.50. The number of amides is 2. The van der Waals surface area contributed by atoms with Crippen molar-refractivity contribution in [2.75, 3.05) is 13.1 Å². The van der Waals surface area contributed by atoms with E-state index in [2.05, 4.69) is 19.2 Å². The molecule has 1 aliphatic rings. The van der Waals surface area contributed by atoms with Crippen LogP contribution in [-0.4, -0.2) is 52.2 Å². The Kier molecular flexibility index (Phi) is 7.05. The first-order valence-corrected chi connectivity index (χ1v) is 10.6. The number of carbonyl (C=O) groups excluding carboxylic acids is 2. The molecule has 7 heteroatoms. The first kappa shape index (κ1) is 22.5. The molecule has 3 rings (SSSR count). The van der Waals surface area contributed by atoms with Crippen molar-refractivity contribution in [1.82, 2.24) is 10.2 Å². The Morgan fingerprint density at radius 1 is 1.03 bits per heavy atom. The lowest BCUT2D eigenvalue weighted by atomic mass is 10.0. The van der Waals surface area contributed by atoms with Crippen molar-refractivity contribution in [3.63, 3.8) is 0 Å². The van der Waals surface area contributed by atoms with Gasteiger partial charge in [-0.3, -0.25) is 9.59 Å². The minimum absolute atomic E-state index is 0.0683. The van der Waals surface area contributed by atoms with E-state index in [0.29, 0.717) is 31.8 Å². The third-order valence-corrected chi connectivity index (χ3v) is 5.50. The Balaban J connectivity index is 1.53. The third kappa shape index (κ3) is 5.69. The Hall–Kier alpha value is -3.22. The van der Waals surface area contributed by atoms with Crippen LogP contribution in [0, 0.1) is 0 Å². The Morgan fingerprint density at radius 3 is 2.26 bits per heavy atom. The summed E-state index contributed by atoms with van der Waals surface area (Å²) in [7, 11) is 0. The molecule has 0 bridgehead atoms. The predicted octanol–water partition coefficient (Wildman–Crippen LogP) is 3.41. The number of benzene rings is 2. The summed E-state index contributed by atoms with van der Waals surface area (Å²) >= 11 is 0. The Labute approximate surface area is 182 Å². The van der Waals surface area contributed by atoms with E-state index in [0.717, 1.165) is 11.3 Å². The number of piperidine rings is 1. The molecule has 1 aliphatic heterocycles. The molecule has 31 heavy (non-hydrogen) atoms. The summed E-state index contributed by atoms with van der Waals surface area (Å²) in [4.78, 5) is 27.0. The fraction of sp³-hybridized carbons (Fsp3) is 0.417. The zero-order valence-corrected chi connectivity index (χ0v) is 18.2. The standard InChI is InChI=1S/C24H30N2O5/c1-15(2)21-6-4-5-7-22(21)31-16(3)24(30)26-10-8-18(9-11-26)25-23(29)17-12-19(27)14-20(28)13-17/h4-7,12-16,18,27-28H,8-11H2,1-3H3,(H,25,29). The van der Waals surface area contributed by atoms with E-state index >= 15 is 0 Å². The number of nitrogens with one attached hydrogen (secondary N) is 1. The van der Waals surface area contributed by atoms with Gasteiger partial charge in [0.1, 0.15) is 17.2 Å². The number of aromatic hydroxyl groups is 2. The van der Waals surface area contributed by atoms with Gasteiger partial charge in [-0.25, -0.2) is 0 Å². The molecule has 1 heterocycles. The molecule has 2 aromatic carbocycles. The van der Waals surface area contributed by atoms with E-state index in [9.17, 15) is 19.8 Å². The maximum Gasteiger partial charge on any atom is 0.263 e. The first-order valence-electron chi connectivity index (χ1n) is 10.6. The monoisotopic (exact) mass is 426 g/mol. The van der Waals surface area contributed by atoms with Crippen molar-refractivity contribution in [3.8, 4) is 17.2 Å². The van der Waals surface area contributed by atoms with Crippen LogP contribution in [0.4, 0.5) is 0 Å². The van der Waals surface area contributed by atoms with Gasteiger partial charge in [0.15, 0.2) is 6.10 Å². The number of likely N-dealkylation sites (tertiary alicyclic amines) is 1. The smallest absolute Gasteiger partial charge is 0.263 e. The van der Waals surface area contributed by atoms with Gasteiger partial charge in [-0.2, -0.15) is 0 Å². The van der Waals surface area contributed by atoms with Gasteiger partial charge in [-0.15, -0.1) is 0 Å². The minimum Gasteiger partial charge on any atom is -0.508 e. The number of hydrogen-bond acceptors (Lipinski definition) is 5. The van der Waals surface area contributed by atoms with Gasteiger partial charge in [-0.05, 0) is 49.4 Å². The van der Waals surface area contributed by atoms with Gasteiger partial charge in [0, 0.05) is 30.8 Å². The van der Waals surface area contributed by atoms with E-state index in [1.807, 2.05) is 24.3 Å². The lowest BCUT2D eigenvalue weighted by Crippen LogP contribution is -2.49. The first-order chi connectivity index (χ1) is 14.7. The van der Waals surface area contributed by atoms with Gasteiger partial charge < -0.3 is 25.2 Å². The molecular weight excluding hydrogens is 396 g/mol. The molecule has 1 unspecified atom stereocenters. The van der Waals surface area contributed by atoms with Crippen LogP contribution in [-0.2, 0) is 4.79 Å². The van der Waals surface area contributed by atoms with Crippen LogP contribution in [0.25, 0.3) is 0 Å². The van der Waals surface area contributed by atoms with Gasteiger partial charge in [0.25, 0.3) is 11.8 Å². The number of para-hydroxylation sites is 1. The summed E-state index contributed by atoms with van der Waals surface area (Å²) in [6.07, 6.45) is 0.649. The van der Waals surface area contributed by atoms with Crippen molar-refractivity contribution in [1.29, 1.82) is 0 Å². The van der Waals surface area contributed by atoms with E-state index in [4.69, 9.17) is 4.74 Å². The topological polar surface area (TPSA) is 99.1 Å². The average Bonchev–Trinajstić information content (AvgIpc) is 2.73. The highest BCUT2D eigenvalue weighted by Crippen LogP contribution is 2.27. The van der Waals surface area contributed by atoms with Gasteiger partial charge in [-0.1, -0.05) is 32.0 Å². The fourth-order valence-corrected chi connectivity index (χ4v) is 3.80. The molecule has 3 N–H and O–H groups in total. The molecule has 7 nitrogen and oxygen atoms in total. The highest BCUT2D eigenvalue weighted by atomic mass is 16.5. The van der Waals surface area contributed by atoms with Crippen LogP contribution in [0.1, 0.15) is 55.5 Å². The summed E-state index contributed by atoms with van der Waals surface area (Å²) in [5.74, 6) is 0.262. The maximum atomic E-state index is 12.9. The SMILES string of the molecule is CC(Oc1ccccc1C(C)C)C(=O)N1CCC(NC(=O)c2cc(O)cc(O)c2)CC1.